The summed E-state index contributed by atoms with van der Waals surface area (Å²) in [7, 11) is 0. The van der Waals surface area contributed by atoms with E-state index in [-0.39, 0.29) is 17.9 Å². The summed E-state index contributed by atoms with van der Waals surface area (Å²) in [4.78, 5) is 0. The quantitative estimate of drug-likeness (QED) is 0.847. The van der Waals surface area contributed by atoms with E-state index < -0.39 is 6.10 Å². The van der Waals surface area contributed by atoms with Gasteiger partial charge in [0.15, 0.2) is 0 Å². The summed E-state index contributed by atoms with van der Waals surface area (Å²) in [6.45, 7) is 1.95. The minimum Gasteiger partial charge on any atom is -0.388 e. The zero-order valence-corrected chi connectivity index (χ0v) is 13.9. The summed E-state index contributed by atoms with van der Waals surface area (Å²) in [6, 6.07) is 13.7. The van der Waals surface area contributed by atoms with Crippen molar-refractivity contribution in [3.63, 3.8) is 0 Å². The van der Waals surface area contributed by atoms with Crippen LogP contribution in [-0.2, 0) is 0 Å². The minimum atomic E-state index is -0.518. The molecule has 116 valence electrons. The molecular formula is C18H19Cl2NO. The van der Waals surface area contributed by atoms with Crippen LogP contribution in [0.2, 0.25) is 10.0 Å². The van der Waals surface area contributed by atoms with E-state index in [1.165, 1.54) is 0 Å². The first-order valence-corrected chi connectivity index (χ1v) is 8.22. The van der Waals surface area contributed by atoms with Crippen LogP contribution in [0.25, 0.3) is 0 Å². The Balaban J connectivity index is 2.10. The number of aliphatic hydroxyl groups is 1. The Labute approximate surface area is 140 Å². The van der Waals surface area contributed by atoms with Crippen molar-refractivity contribution in [1.82, 2.24) is 0 Å². The molecule has 0 radical (unpaired) electrons. The van der Waals surface area contributed by atoms with E-state index in [1.807, 2.05) is 43.3 Å². The van der Waals surface area contributed by atoms with Crippen LogP contribution in [-0.4, -0.2) is 11.1 Å². The van der Waals surface area contributed by atoms with Crippen molar-refractivity contribution in [1.29, 1.82) is 0 Å². The summed E-state index contributed by atoms with van der Waals surface area (Å²) in [5.74, 6) is 0.194. The van der Waals surface area contributed by atoms with Crippen molar-refractivity contribution in [2.45, 2.75) is 31.4 Å². The minimum absolute atomic E-state index is 0.0225. The van der Waals surface area contributed by atoms with Gasteiger partial charge in [-0.25, -0.2) is 0 Å². The Morgan fingerprint density at radius 2 is 1.77 bits per heavy atom. The maximum absolute atomic E-state index is 10.6. The lowest BCUT2D eigenvalue weighted by Gasteiger charge is -2.37. The lowest BCUT2D eigenvalue weighted by Crippen LogP contribution is -2.36. The molecule has 0 saturated carbocycles. The van der Waals surface area contributed by atoms with Crippen LogP contribution in [0.5, 0.6) is 0 Å². The van der Waals surface area contributed by atoms with Gasteiger partial charge in [-0.15, -0.1) is 0 Å². The summed E-state index contributed by atoms with van der Waals surface area (Å²) in [5.41, 5.74) is 9.32. The normalized spacial score (nSPS) is 25.6. The smallest absolute Gasteiger partial charge is 0.0836 e. The Morgan fingerprint density at radius 1 is 1.09 bits per heavy atom. The second-order valence-electron chi connectivity index (χ2n) is 6.06. The predicted octanol–water partition coefficient (Wildman–Crippen LogP) is 4.53. The number of benzene rings is 2. The fourth-order valence-electron chi connectivity index (χ4n) is 3.40. The SMILES string of the molecule is CC(N)C1C[C@@H](c2ccc(Cl)c(Cl)c2)c2ccccc2C1O. The summed E-state index contributed by atoms with van der Waals surface area (Å²) >= 11 is 12.2. The highest BCUT2D eigenvalue weighted by Crippen LogP contribution is 2.45. The first-order chi connectivity index (χ1) is 10.5. The molecule has 0 amide bonds. The Hall–Kier alpha value is -1.06. The standard InChI is InChI=1S/C18H19Cl2NO/c1-10(21)14-9-15(11-6-7-16(19)17(20)8-11)12-4-2-3-5-13(12)18(14)22/h2-8,10,14-15,18,22H,9,21H2,1H3/t10?,14?,15-,18?/m0/s1. The van der Waals surface area contributed by atoms with Gasteiger partial charge in [0, 0.05) is 17.9 Å². The second kappa shape index (κ2) is 6.21. The first kappa shape index (κ1) is 15.8. The monoisotopic (exact) mass is 335 g/mol. The Bertz CT molecular complexity index is 687. The molecule has 0 saturated heterocycles. The van der Waals surface area contributed by atoms with Gasteiger partial charge in [0.1, 0.15) is 0 Å². The Morgan fingerprint density at radius 3 is 2.41 bits per heavy atom. The molecule has 2 aromatic carbocycles. The number of halogens is 2. The highest BCUT2D eigenvalue weighted by molar-refractivity contribution is 6.42. The molecule has 0 aromatic heterocycles. The molecule has 3 rings (SSSR count). The molecule has 0 aliphatic heterocycles. The maximum atomic E-state index is 10.6. The van der Waals surface area contributed by atoms with Crippen LogP contribution in [0.4, 0.5) is 0 Å². The molecular weight excluding hydrogens is 317 g/mol. The molecule has 3 unspecified atom stereocenters. The van der Waals surface area contributed by atoms with E-state index >= 15 is 0 Å². The first-order valence-electron chi connectivity index (χ1n) is 7.46. The van der Waals surface area contributed by atoms with Crippen molar-refractivity contribution < 1.29 is 5.11 Å². The summed E-state index contributed by atoms with van der Waals surface area (Å²) in [6.07, 6.45) is 0.281. The van der Waals surface area contributed by atoms with E-state index in [0.717, 1.165) is 23.1 Å². The van der Waals surface area contributed by atoms with Crippen molar-refractivity contribution in [3.8, 4) is 0 Å². The molecule has 2 nitrogen and oxygen atoms in total. The number of rotatable bonds is 2. The highest BCUT2D eigenvalue weighted by Gasteiger charge is 2.36. The summed E-state index contributed by atoms with van der Waals surface area (Å²) in [5, 5.41) is 11.7. The van der Waals surface area contributed by atoms with Gasteiger partial charge in [0.25, 0.3) is 0 Å². The highest BCUT2D eigenvalue weighted by atomic mass is 35.5. The molecule has 0 fully saturated rings. The average Bonchev–Trinajstić information content (AvgIpc) is 2.50. The van der Waals surface area contributed by atoms with Crippen LogP contribution in [0.15, 0.2) is 42.5 Å². The molecule has 0 spiro atoms. The average molecular weight is 336 g/mol. The lowest BCUT2D eigenvalue weighted by atomic mass is 9.70. The molecule has 4 heteroatoms. The Kier molecular flexibility index (Phi) is 4.47. The van der Waals surface area contributed by atoms with E-state index in [0.29, 0.717) is 10.0 Å². The fourth-order valence-corrected chi connectivity index (χ4v) is 3.71. The lowest BCUT2D eigenvalue weighted by molar-refractivity contribution is 0.0775. The molecule has 3 N–H and O–H groups in total. The van der Waals surface area contributed by atoms with Crippen molar-refractivity contribution in [2.24, 2.45) is 11.7 Å². The molecule has 2 aromatic rings. The van der Waals surface area contributed by atoms with Crippen LogP contribution in [0, 0.1) is 5.92 Å². The van der Waals surface area contributed by atoms with Gasteiger partial charge in [-0.3, -0.25) is 0 Å². The van der Waals surface area contributed by atoms with Crippen LogP contribution >= 0.6 is 23.2 Å². The third-order valence-electron chi connectivity index (χ3n) is 4.62. The van der Waals surface area contributed by atoms with Gasteiger partial charge in [-0.05, 0) is 42.2 Å². The van der Waals surface area contributed by atoms with E-state index in [9.17, 15) is 5.11 Å². The van der Waals surface area contributed by atoms with Crippen LogP contribution in [0.1, 0.15) is 42.1 Å². The molecule has 0 heterocycles. The summed E-state index contributed by atoms with van der Waals surface area (Å²) < 4.78 is 0. The van der Waals surface area contributed by atoms with Crippen molar-refractivity contribution in [3.05, 3.63) is 69.2 Å². The number of nitrogens with two attached hydrogens (primary N) is 1. The van der Waals surface area contributed by atoms with Crippen molar-refractivity contribution in [2.75, 3.05) is 0 Å². The number of hydrogen-bond donors (Lipinski definition) is 2. The van der Waals surface area contributed by atoms with Gasteiger partial charge >= 0.3 is 0 Å². The van der Waals surface area contributed by atoms with Crippen LogP contribution < -0.4 is 5.73 Å². The van der Waals surface area contributed by atoms with Gasteiger partial charge in [-0.2, -0.15) is 0 Å². The second-order valence-corrected chi connectivity index (χ2v) is 6.87. The largest absolute Gasteiger partial charge is 0.388 e. The van der Waals surface area contributed by atoms with Gasteiger partial charge in [0.2, 0.25) is 0 Å². The molecule has 4 atom stereocenters. The number of aliphatic hydroxyl groups excluding tert-OH is 1. The third kappa shape index (κ3) is 2.77. The molecule has 0 bridgehead atoms. The van der Waals surface area contributed by atoms with Gasteiger partial charge < -0.3 is 10.8 Å². The molecule has 1 aliphatic carbocycles. The maximum Gasteiger partial charge on any atom is 0.0836 e. The van der Waals surface area contributed by atoms with Crippen molar-refractivity contribution >= 4 is 23.2 Å². The molecule has 22 heavy (non-hydrogen) atoms. The van der Waals surface area contributed by atoms with Crippen LogP contribution in [0.3, 0.4) is 0 Å². The fraction of sp³-hybridized carbons (Fsp3) is 0.333. The third-order valence-corrected chi connectivity index (χ3v) is 5.36. The molecule has 1 aliphatic rings. The zero-order chi connectivity index (χ0) is 15.9. The van der Waals surface area contributed by atoms with E-state index in [1.54, 1.807) is 0 Å². The predicted molar refractivity (Wildman–Crippen MR) is 91.5 cm³/mol. The van der Waals surface area contributed by atoms with Gasteiger partial charge in [-0.1, -0.05) is 53.5 Å². The van der Waals surface area contributed by atoms with Gasteiger partial charge in [0.05, 0.1) is 16.1 Å². The topological polar surface area (TPSA) is 46.2 Å². The number of hydrogen-bond acceptors (Lipinski definition) is 2. The zero-order valence-electron chi connectivity index (χ0n) is 12.3. The number of fused-ring (bicyclic) bond motifs is 1. The van der Waals surface area contributed by atoms with E-state index in [2.05, 4.69) is 6.07 Å². The van der Waals surface area contributed by atoms with E-state index in [4.69, 9.17) is 28.9 Å².